The zero-order chi connectivity index (χ0) is 49.2. The standard InChI is InChI=1S/3C19H16N2O2.Ir/c3*1-12-5-3-7-14(9-12)16-11-17(21-18(20-16)19(22)23)15-8-4-6-13(2)10-15;/h3*3-11H,1-2H3,(H,22,23);/q;;;+3/p-3. The van der Waals surface area contributed by atoms with Gasteiger partial charge in [-0.25, -0.2) is 29.9 Å². The molecule has 13 heteroatoms. The molecule has 12 nitrogen and oxygen atoms in total. The van der Waals surface area contributed by atoms with Gasteiger partial charge in [-0.05, 0) is 96.1 Å². The number of carbonyl (C=O) groups is 3. The Hall–Kier alpha value is -8.38. The van der Waals surface area contributed by atoms with Crippen molar-refractivity contribution in [3.8, 4) is 67.5 Å². The van der Waals surface area contributed by atoms with Crippen molar-refractivity contribution < 1.29 is 49.8 Å². The minimum atomic E-state index is -1.38. The molecule has 0 amide bonds. The third-order valence-electron chi connectivity index (χ3n) is 10.6. The van der Waals surface area contributed by atoms with Gasteiger partial charge in [0, 0.05) is 33.4 Å². The Morgan fingerprint density at radius 2 is 0.443 bits per heavy atom. The fourth-order valence-corrected chi connectivity index (χ4v) is 7.33. The van der Waals surface area contributed by atoms with Gasteiger partial charge in [0.25, 0.3) is 0 Å². The maximum atomic E-state index is 11.3. The molecule has 0 unspecified atom stereocenters. The van der Waals surface area contributed by atoms with E-state index >= 15 is 0 Å². The van der Waals surface area contributed by atoms with Crippen LogP contribution >= 0.6 is 0 Å². The van der Waals surface area contributed by atoms with E-state index < -0.39 is 17.9 Å². The first kappa shape index (κ1) is 51.0. The molecule has 0 radical (unpaired) electrons. The molecule has 3 heterocycles. The molecule has 0 fully saturated rings. The number of nitrogens with zero attached hydrogens (tertiary/aromatic N) is 6. The Morgan fingerprint density at radius 3 is 0.571 bits per heavy atom. The van der Waals surface area contributed by atoms with Crippen molar-refractivity contribution >= 4 is 17.9 Å². The summed E-state index contributed by atoms with van der Waals surface area (Å²) in [6, 6.07) is 51.9. The van der Waals surface area contributed by atoms with E-state index in [1.807, 2.05) is 187 Å². The monoisotopic (exact) mass is 1100 g/mol. The Balaban J connectivity index is 0.000000171. The van der Waals surface area contributed by atoms with Crippen LogP contribution in [0.1, 0.15) is 65.2 Å². The quantitative estimate of drug-likeness (QED) is 0.134. The molecule has 6 aromatic carbocycles. The molecule has 3 aromatic heterocycles. The van der Waals surface area contributed by atoms with Crippen molar-refractivity contribution in [1.29, 1.82) is 0 Å². The minimum absolute atomic E-state index is 0. The van der Waals surface area contributed by atoms with Gasteiger partial charge < -0.3 is 29.7 Å². The summed E-state index contributed by atoms with van der Waals surface area (Å²) in [6.45, 7) is 11.9. The van der Waals surface area contributed by atoms with Crippen LogP contribution in [0.3, 0.4) is 0 Å². The summed E-state index contributed by atoms with van der Waals surface area (Å²) in [5.74, 6) is -5.06. The molecule has 9 aromatic rings. The van der Waals surface area contributed by atoms with Crippen molar-refractivity contribution in [1.82, 2.24) is 29.9 Å². The predicted molar refractivity (Wildman–Crippen MR) is 260 cm³/mol. The van der Waals surface area contributed by atoms with Crippen molar-refractivity contribution in [2.45, 2.75) is 41.5 Å². The van der Waals surface area contributed by atoms with Gasteiger partial charge in [0.2, 0.25) is 0 Å². The number of benzene rings is 6. The van der Waals surface area contributed by atoms with E-state index in [0.29, 0.717) is 34.2 Å². The summed E-state index contributed by atoms with van der Waals surface area (Å²) >= 11 is 0. The summed E-state index contributed by atoms with van der Waals surface area (Å²) in [4.78, 5) is 58.5. The van der Waals surface area contributed by atoms with E-state index in [1.165, 1.54) is 0 Å². The van der Waals surface area contributed by atoms with Crippen LogP contribution in [0.5, 0.6) is 0 Å². The molecule has 348 valence electrons. The number of rotatable bonds is 9. The molecule has 0 bridgehead atoms. The Bertz CT molecular complexity index is 2830. The topological polar surface area (TPSA) is 198 Å². The van der Waals surface area contributed by atoms with Gasteiger partial charge >= 0.3 is 20.1 Å². The van der Waals surface area contributed by atoms with Gasteiger partial charge in [0.05, 0.1) is 34.2 Å². The first-order valence-corrected chi connectivity index (χ1v) is 21.8. The van der Waals surface area contributed by atoms with E-state index in [1.54, 1.807) is 18.2 Å². The van der Waals surface area contributed by atoms with Gasteiger partial charge in [-0.3, -0.25) is 0 Å². The van der Waals surface area contributed by atoms with Gasteiger partial charge in [-0.2, -0.15) is 0 Å². The zero-order valence-electron chi connectivity index (χ0n) is 39.1. The van der Waals surface area contributed by atoms with Crippen LogP contribution in [0.2, 0.25) is 0 Å². The number of carboxylic acids is 3. The predicted octanol–water partition coefficient (Wildman–Crippen LogP) is 8.37. The number of carbonyl (C=O) groups excluding carboxylic acids is 3. The Labute approximate surface area is 419 Å². The van der Waals surface area contributed by atoms with Gasteiger partial charge in [0.15, 0.2) is 17.5 Å². The minimum Gasteiger partial charge on any atom is -0.542 e. The SMILES string of the molecule is Cc1cccc(-c2cc(-c3cccc(C)c3)nc(C(=O)[O-])n2)c1.Cc1cccc(-c2cc(-c3cccc(C)c3)nc(C(=O)[O-])n2)c1.Cc1cccc(-c2cc(-c3cccc(C)c3)nc(C(=O)[O-])n2)c1.[Ir+3]. The van der Waals surface area contributed by atoms with Crippen molar-refractivity contribution in [2.75, 3.05) is 0 Å². The van der Waals surface area contributed by atoms with Crippen LogP contribution < -0.4 is 15.3 Å². The maximum Gasteiger partial charge on any atom is 3.00 e. The molecule has 0 aliphatic heterocycles. The molecule has 0 saturated heterocycles. The number of hydrogen-bond donors (Lipinski definition) is 0. The summed E-state index contributed by atoms with van der Waals surface area (Å²) in [6.07, 6.45) is 0. The summed E-state index contributed by atoms with van der Waals surface area (Å²) in [5, 5.41) is 33.8. The van der Waals surface area contributed by atoms with Gasteiger partial charge in [0.1, 0.15) is 17.9 Å². The first-order valence-electron chi connectivity index (χ1n) is 21.8. The molecular weight excluding hydrogens is 1060 g/mol. The number of aromatic nitrogens is 6. The average molecular weight is 1100 g/mol. The van der Waals surface area contributed by atoms with Crippen LogP contribution in [-0.4, -0.2) is 47.8 Å². The second-order valence-electron chi connectivity index (χ2n) is 16.5. The normalized spacial score (nSPS) is 10.4. The van der Waals surface area contributed by atoms with Crippen LogP contribution in [0, 0.1) is 41.5 Å². The van der Waals surface area contributed by atoms with Crippen molar-refractivity contribution in [3.05, 3.63) is 215 Å². The third-order valence-corrected chi connectivity index (χ3v) is 10.6. The van der Waals surface area contributed by atoms with Crippen LogP contribution in [0.15, 0.2) is 164 Å². The van der Waals surface area contributed by atoms with E-state index in [2.05, 4.69) is 29.9 Å². The van der Waals surface area contributed by atoms with E-state index in [0.717, 1.165) is 66.8 Å². The Kier molecular flexibility index (Phi) is 16.8. The van der Waals surface area contributed by atoms with E-state index in [4.69, 9.17) is 0 Å². The number of carboxylic acid groups (broad SMARTS) is 3. The van der Waals surface area contributed by atoms with Crippen molar-refractivity contribution in [2.24, 2.45) is 0 Å². The molecule has 9 rings (SSSR count). The number of aromatic carboxylic acids is 3. The smallest absolute Gasteiger partial charge is 0.542 e. The Morgan fingerprint density at radius 1 is 0.286 bits per heavy atom. The first-order chi connectivity index (χ1) is 33.1. The van der Waals surface area contributed by atoms with Crippen LogP contribution in [-0.2, 0) is 20.1 Å². The molecule has 0 aliphatic carbocycles. The fraction of sp³-hybridized carbons (Fsp3) is 0.105. The fourth-order valence-electron chi connectivity index (χ4n) is 7.33. The van der Waals surface area contributed by atoms with Gasteiger partial charge in [-0.15, -0.1) is 0 Å². The molecule has 0 spiro atoms. The summed E-state index contributed by atoms with van der Waals surface area (Å²) in [7, 11) is 0. The summed E-state index contributed by atoms with van der Waals surface area (Å²) < 4.78 is 0. The average Bonchev–Trinajstić information content (AvgIpc) is 3.34. The van der Waals surface area contributed by atoms with E-state index in [9.17, 15) is 29.7 Å². The van der Waals surface area contributed by atoms with Crippen LogP contribution in [0.4, 0.5) is 0 Å². The molecule has 0 N–H and O–H groups in total. The second kappa shape index (κ2) is 23.1. The van der Waals surface area contributed by atoms with E-state index in [-0.39, 0.29) is 37.6 Å². The zero-order valence-corrected chi connectivity index (χ0v) is 41.4. The van der Waals surface area contributed by atoms with Crippen molar-refractivity contribution in [3.63, 3.8) is 0 Å². The molecule has 0 atom stereocenters. The second-order valence-corrected chi connectivity index (χ2v) is 16.5. The number of aryl methyl sites for hydroxylation is 6. The van der Waals surface area contributed by atoms with Gasteiger partial charge in [-0.1, -0.05) is 143 Å². The molecule has 0 aliphatic rings. The summed E-state index contributed by atoms with van der Waals surface area (Å²) in [5.41, 5.74) is 15.0. The maximum absolute atomic E-state index is 11.3. The largest absolute Gasteiger partial charge is 3.00 e. The van der Waals surface area contributed by atoms with Crippen LogP contribution in [0.25, 0.3) is 67.5 Å². The number of hydrogen-bond acceptors (Lipinski definition) is 12. The third kappa shape index (κ3) is 13.4. The molecular formula is C57H45IrN6O6. The molecule has 70 heavy (non-hydrogen) atoms. The molecule has 0 saturated carbocycles.